The predicted molar refractivity (Wildman–Crippen MR) is 66.9 cm³/mol. The molecule has 2 rings (SSSR count). The summed E-state index contributed by atoms with van der Waals surface area (Å²) in [7, 11) is 0. The number of aromatic nitrogens is 1. The maximum atomic E-state index is 11.1. The van der Waals surface area contributed by atoms with Crippen LogP contribution in [-0.4, -0.2) is 22.7 Å². The largest absolute Gasteiger partial charge is 0.494 e. The van der Waals surface area contributed by atoms with E-state index in [1.54, 1.807) is 18.2 Å². The van der Waals surface area contributed by atoms with Crippen LogP contribution in [0.4, 0.5) is 0 Å². The van der Waals surface area contributed by atoms with Crippen molar-refractivity contribution in [1.29, 1.82) is 0 Å². The van der Waals surface area contributed by atoms with Crippen molar-refractivity contribution < 1.29 is 14.6 Å². The number of hydrogen-bond donors (Lipinski definition) is 2. The van der Waals surface area contributed by atoms with E-state index in [0.717, 1.165) is 10.9 Å². The Kier molecular flexibility index (Phi) is 3.62. The van der Waals surface area contributed by atoms with Gasteiger partial charge in [-0.15, -0.1) is 0 Å². The molecule has 0 bridgehead atoms. The monoisotopic (exact) mass is 247 g/mol. The molecule has 0 saturated heterocycles. The van der Waals surface area contributed by atoms with Crippen molar-refractivity contribution >= 4 is 16.9 Å². The fourth-order valence-electron chi connectivity index (χ4n) is 1.64. The van der Waals surface area contributed by atoms with E-state index in [1.165, 1.54) is 6.07 Å². The second kappa shape index (κ2) is 5.35. The van der Waals surface area contributed by atoms with E-state index in [-0.39, 0.29) is 12.0 Å². The van der Waals surface area contributed by atoms with Gasteiger partial charge in [0.1, 0.15) is 5.75 Å². The zero-order valence-corrected chi connectivity index (χ0v) is 9.68. The number of fused-ring (bicyclic) bond motifs is 1. The molecule has 1 aromatic heterocycles. The zero-order chi connectivity index (χ0) is 13.0. The number of hydrogen-bond acceptors (Lipinski definition) is 3. The fourth-order valence-corrected chi connectivity index (χ4v) is 1.64. The number of rotatable bonds is 5. The number of aliphatic carboxylic acids is 1. The first-order valence-electron chi connectivity index (χ1n) is 5.63. The van der Waals surface area contributed by atoms with Crippen molar-refractivity contribution in [1.82, 2.24) is 4.98 Å². The number of H-pyrrole nitrogens is 1. The number of ether oxygens (including phenoxy) is 1. The molecule has 1 aromatic carbocycles. The van der Waals surface area contributed by atoms with Gasteiger partial charge in [0.05, 0.1) is 6.61 Å². The molecule has 0 fully saturated rings. The summed E-state index contributed by atoms with van der Waals surface area (Å²) >= 11 is 0. The summed E-state index contributed by atoms with van der Waals surface area (Å²) in [6, 6.07) is 8.50. The minimum Gasteiger partial charge on any atom is -0.494 e. The fraction of sp³-hybridized carbons (Fsp3) is 0.231. The van der Waals surface area contributed by atoms with Crippen LogP contribution in [0.25, 0.3) is 10.9 Å². The number of carboxylic acid groups (broad SMARTS) is 1. The summed E-state index contributed by atoms with van der Waals surface area (Å²) < 4.78 is 5.44. The molecule has 0 radical (unpaired) electrons. The lowest BCUT2D eigenvalue weighted by Gasteiger charge is -2.06. The molecule has 2 aromatic rings. The average Bonchev–Trinajstić information content (AvgIpc) is 2.34. The van der Waals surface area contributed by atoms with Crippen LogP contribution in [0, 0.1) is 0 Å². The minimum absolute atomic E-state index is 0.0981. The van der Waals surface area contributed by atoms with Crippen molar-refractivity contribution in [2.45, 2.75) is 12.8 Å². The summed E-state index contributed by atoms with van der Waals surface area (Å²) in [4.78, 5) is 24.1. The number of nitrogens with one attached hydrogen (secondary N) is 1. The second-order valence-electron chi connectivity index (χ2n) is 3.92. The quantitative estimate of drug-likeness (QED) is 0.789. The standard InChI is InChI=1S/C13H13NO4/c15-12-6-3-9-8-10(4-5-11(9)14-12)18-7-1-2-13(16)17/h3-6,8H,1-2,7H2,(H,14,15)(H,16,17). The Bertz CT molecular complexity index is 618. The van der Waals surface area contributed by atoms with Crippen LogP contribution in [0.5, 0.6) is 5.75 Å². The van der Waals surface area contributed by atoms with Crippen molar-refractivity contribution in [3.63, 3.8) is 0 Å². The second-order valence-corrected chi connectivity index (χ2v) is 3.92. The number of carbonyl (C=O) groups is 1. The van der Waals surface area contributed by atoms with Crippen molar-refractivity contribution in [2.75, 3.05) is 6.61 Å². The van der Waals surface area contributed by atoms with Gasteiger partial charge in [0.15, 0.2) is 0 Å². The molecule has 5 nitrogen and oxygen atoms in total. The van der Waals surface area contributed by atoms with Crippen LogP contribution >= 0.6 is 0 Å². The van der Waals surface area contributed by atoms with E-state index < -0.39 is 5.97 Å². The van der Waals surface area contributed by atoms with Crippen molar-refractivity contribution in [3.05, 3.63) is 40.7 Å². The topological polar surface area (TPSA) is 79.4 Å². The van der Waals surface area contributed by atoms with Gasteiger partial charge in [-0.1, -0.05) is 0 Å². The van der Waals surface area contributed by atoms with E-state index in [0.29, 0.717) is 18.8 Å². The molecule has 0 atom stereocenters. The van der Waals surface area contributed by atoms with Gasteiger partial charge in [0.2, 0.25) is 5.56 Å². The third kappa shape index (κ3) is 3.10. The van der Waals surface area contributed by atoms with Crippen molar-refractivity contribution in [3.8, 4) is 5.75 Å². The molecule has 0 spiro atoms. The lowest BCUT2D eigenvalue weighted by atomic mass is 10.2. The number of pyridine rings is 1. The van der Waals surface area contributed by atoms with E-state index in [1.807, 2.05) is 6.07 Å². The molecule has 0 aliphatic rings. The van der Waals surface area contributed by atoms with Crippen LogP contribution in [0.3, 0.4) is 0 Å². The Morgan fingerprint density at radius 2 is 2.11 bits per heavy atom. The molecule has 0 saturated carbocycles. The highest BCUT2D eigenvalue weighted by Crippen LogP contribution is 2.18. The number of benzene rings is 1. The Morgan fingerprint density at radius 1 is 1.28 bits per heavy atom. The SMILES string of the molecule is O=C(O)CCCOc1ccc2[nH]c(=O)ccc2c1. The Labute approximate surface area is 103 Å². The van der Waals surface area contributed by atoms with Gasteiger partial charge < -0.3 is 14.8 Å². The highest BCUT2D eigenvalue weighted by molar-refractivity contribution is 5.79. The average molecular weight is 247 g/mol. The van der Waals surface area contributed by atoms with Crippen LogP contribution < -0.4 is 10.3 Å². The lowest BCUT2D eigenvalue weighted by molar-refractivity contribution is -0.137. The molecule has 18 heavy (non-hydrogen) atoms. The lowest BCUT2D eigenvalue weighted by Crippen LogP contribution is -2.03. The van der Waals surface area contributed by atoms with Gasteiger partial charge in [-0.25, -0.2) is 0 Å². The number of aromatic amines is 1. The van der Waals surface area contributed by atoms with Gasteiger partial charge >= 0.3 is 5.97 Å². The van der Waals surface area contributed by atoms with Gasteiger partial charge in [-0.3, -0.25) is 9.59 Å². The van der Waals surface area contributed by atoms with Crippen LogP contribution in [0.15, 0.2) is 35.1 Å². The molecule has 0 aliphatic heterocycles. The van der Waals surface area contributed by atoms with Gasteiger partial charge in [0.25, 0.3) is 0 Å². The molecule has 0 amide bonds. The van der Waals surface area contributed by atoms with E-state index >= 15 is 0 Å². The first-order chi connectivity index (χ1) is 8.65. The molecule has 0 unspecified atom stereocenters. The predicted octanol–water partition coefficient (Wildman–Crippen LogP) is 1.77. The molecular weight excluding hydrogens is 234 g/mol. The van der Waals surface area contributed by atoms with Crippen LogP contribution in [0.2, 0.25) is 0 Å². The summed E-state index contributed by atoms with van der Waals surface area (Å²) in [5.74, 6) is -0.158. The van der Waals surface area contributed by atoms with Crippen molar-refractivity contribution in [2.24, 2.45) is 0 Å². The van der Waals surface area contributed by atoms with E-state index in [2.05, 4.69) is 4.98 Å². The zero-order valence-electron chi connectivity index (χ0n) is 9.68. The maximum absolute atomic E-state index is 11.1. The maximum Gasteiger partial charge on any atom is 0.303 e. The smallest absolute Gasteiger partial charge is 0.303 e. The molecular formula is C13H13NO4. The molecule has 2 N–H and O–H groups in total. The first-order valence-corrected chi connectivity index (χ1v) is 5.63. The Morgan fingerprint density at radius 3 is 2.89 bits per heavy atom. The molecule has 5 heteroatoms. The molecule has 94 valence electrons. The van der Waals surface area contributed by atoms with Crippen LogP contribution in [0.1, 0.15) is 12.8 Å². The van der Waals surface area contributed by atoms with Crippen LogP contribution in [-0.2, 0) is 4.79 Å². The molecule has 1 heterocycles. The Hall–Kier alpha value is -2.30. The van der Waals surface area contributed by atoms with E-state index in [4.69, 9.17) is 9.84 Å². The summed E-state index contributed by atoms with van der Waals surface area (Å²) in [6.07, 6.45) is 0.569. The molecule has 0 aliphatic carbocycles. The third-order valence-electron chi connectivity index (χ3n) is 2.50. The minimum atomic E-state index is -0.824. The highest BCUT2D eigenvalue weighted by atomic mass is 16.5. The van der Waals surface area contributed by atoms with Gasteiger partial charge in [-0.2, -0.15) is 0 Å². The van der Waals surface area contributed by atoms with Gasteiger partial charge in [-0.05, 0) is 30.7 Å². The first kappa shape index (κ1) is 12.2. The number of carboxylic acids is 1. The summed E-state index contributed by atoms with van der Waals surface area (Å²) in [5, 5.41) is 9.37. The highest BCUT2D eigenvalue weighted by Gasteiger charge is 2.00. The normalized spacial score (nSPS) is 10.4. The summed E-state index contributed by atoms with van der Waals surface area (Å²) in [5.41, 5.74) is 0.609. The van der Waals surface area contributed by atoms with E-state index in [9.17, 15) is 9.59 Å². The third-order valence-corrected chi connectivity index (χ3v) is 2.50. The Balaban J connectivity index is 2.04. The summed E-state index contributed by atoms with van der Waals surface area (Å²) in [6.45, 7) is 0.362. The van der Waals surface area contributed by atoms with Gasteiger partial charge in [0, 0.05) is 23.4 Å².